The van der Waals surface area contributed by atoms with Crippen molar-refractivity contribution in [2.24, 2.45) is 5.92 Å². The summed E-state index contributed by atoms with van der Waals surface area (Å²) in [6.07, 6.45) is -2.94. The maximum Gasteiger partial charge on any atom is 0.426 e. The van der Waals surface area contributed by atoms with Crippen molar-refractivity contribution in [1.82, 2.24) is 0 Å². The molecule has 0 radical (unpaired) electrons. The van der Waals surface area contributed by atoms with E-state index in [4.69, 9.17) is 0 Å². The van der Waals surface area contributed by atoms with E-state index in [2.05, 4.69) is 0 Å². The summed E-state index contributed by atoms with van der Waals surface area (Å²) in [7, 11) is 0. The number of halogens is 3. The zero-order valence-electron chi connectivity index (χ0n) is 7.10. The first-order valence-electron chi connectivity index (χ1n) is 4.19. The molecule has 0 atom stereocenters. The zero-order valence-corrected chi connectivity index (χ0v) is 7.91. The Labute approximate surface area is 82.5 Å². The van der Waals surface area contributed by atoms with E-state index >= 15 is 0 Å². The molecule has 5 heteroatoms. The minimum Gasteiger partial charge on any atom is -0.294 e. The van der Waals surface area contributed by atoms with Gasteiger partial charge in [-0.2, -0.15) is 13.2 Å². The molecular formula is C9H7F3OS. The second-order valence-electron chi connectivity index (χ2n) is 3.30. The van der Waals surface area contributed by atoms with E-state index in [0.29, 0.717) is 11.3 Å². The molecular weight excluding hydrogens is 213 g/mol. The van der Waals surface area contributed by atoms with Crippen LogP contribution < -0.4 is 0 Å². The molecule has 1 fully saturated rings. The number of carbonyl (C=O) groups is 1. The Morgan fingerprint density at radius 1 is 1.43 bits per heavy atom. The van der Waals surface area contributed by atoms with Crippen LogP contribution in [0.3, 0.4) is 0 Å². The lowest BCUT2D eigenvalue weighted by Crippen LogP contribution is -2.10. The van der Waals surface area contributed by atoms with Gasteiger partial charge in [0.05, 0.1) is 0 Å². The van der Waals surface area contributed by atoms with Gasteiger partial charge in [-0.1, -0.05) is 0 Å². The van der Waals surface area contributed by atoms with Crippen molar-refractivity contribution < 1.29 is 18.0 Å². The van der Waals surface area contributed by atoms with E-state index in [9.17, 15) is 18.0 Å². The van der Waals surface area contributed by atoms with E-state index in [-0.39, 0.29) is 17.3 Å². The number of Topliss-reactive ketones (excluding diaryl/α,β-unsaturated/α-hetero) is 1. The van der Waals surface area contributed by atoms with Gasteiger partial charge in [-0.25, -0.2) is 0 Å². The molecule has 0 N–H and O–H groups in total. The van der Waals surface area contributed by atoms with Gasteiger partial charge < -0.3 is 0 Å². The van der Waals surface area contributed by atoms with E-state index < -0.39 is 11.1 Å². The molecule has 1 aromatic heterocycles. The second kappa shape index (κ2) is 3.08. The molecule has 2 rings (SSSR count). The van der Waals surface area contributed by atoms with Crippen LogP contribution in [0.1, 0.15) is 28.1 Å². The average Bonchev–Trinajstić information content (AvgIpc) is 2.78. The third-order valence-corrected chi connectivity index (χ3v) is 3.10. The van der Waals surface area contributed by atoms with Crippen LogP contribution >= 0.6 is 11.3 Å². The molecule has 76 valence electrons. The first-order chi connectivity index (χ1) is 6.50. The number of hydrogen-bond acceptors (Lipinski definition) is 2. The Morgan fingerprint density at radius 3 is 2.57 bits per heavy atom. The Hall–Kier alpha value is -0.840. The zero-order chi connectivity index (χ0) is 10.3. The molecule has 1 aromatic rings. The van der Waals surface area contributed by atoms with Crippen LogP contribution in [0, 0.1) is 5.92 Å². The van der Waals surface area contributed by atoms with Gasteiger partial charge in [0, 0.05) is 11.5 Å². The predicted octanol–water partition coefficient (Wildman–Crippen LogP) is 3.36. The Morgan fingerprint density at radius 2 is 2.07 bits per heavy atom. The van der Waals surface area contributed by atoms with E-state index in [1.54, 1.807) is 0 Å². The maximum atomic E-state index is 12.4. The van der Waals surface area contributed by atoms with Crippen molar-refractivity contribution >= 4 is 17.1 Å². The minimum absolute atomic E-state index is 0.148. The van der Waals surface area contributed by atoms with E-state index in [1.165, 1.54) is 11.4 Å². The molecule has 1 heterocycles. The molecule has 1 saturated carbocycles. The summed E-state index contributed by atoms with van der Waals surface area (Å²) >= 11 is 0.584. The SMILES string of the molecule is O=C(c1ccsc1C(F)(F)F)C1CC1. The summed E-state index contributed by atoms with van der Waals surface area (Å²) in [5.41, 5.74) is -0.148. The monoisotopic (exact) mass is 220 g/mol. The van der Waals surface area contributed by atoms with Crippen LogP contribution in [-0.4, -0.2) is 5.78 Å². The highest BCUT2D eigenvalue weighted by molar-refractivity contribution is 7.10. The van der Waals surface area contributed by atoms with Crippen LogP contribution in [0.25, 0.3) is 0 Å². The highest BCUT2D eigenvalue weighted by Crippen LogP contribution is 2.40. The summed E-state index contributed by atoms with van der Waals surface area (Å²) in [6, 6.07) is 1.27. The summed E-state index contributed by atoms with van der Waals surface area (Å²) in [5.74, 6) is -0.510. The van der Waals surface area contributed by atoms with Gasteiger partial charge in [0.2, 0.25) is 0 Å². The number of rotatable bonds is 2. The number of thiophene rings is 1. The van der Waals surface area contributed by atoms with Crippen LogP contribution in [0.5, 0.6) is 0 Å². The number of hydrogen-bond donors (Lipinski definition) is 0. The Bertz CT molecular complexity index is 362. The van der Waals surface area contributed by atoms with Crippen LogP contribution in [0.15, 0.2) is 11.4 Å². The summed E-state index contributed by atoms with van der Waals surface area (Å²) in [5, 5.41) is 1.32. The molecule has 0 saturated heterocycles. The van der Waals surface area contributed by atoms with Crippen LogP contribution in [-0.2, 0) is 6.18 Å². The van der Waals surface area contributed by atoms with Crippen molar-refractivity contribution in [1.29, 1.82) is 0 Å². The fourth-order valence-corrected chi connectivity index (χ4v) is 2.06. The van der Waals surface area contributed by atoms with Crippen LogP contribution in [0.2, 0.25) is 0 Å². The first-order valence-corrected chi connectivity index (χ1v) is 5.07. The van der Waals surface area contributed by atoms with Crippen molar-refractivity contribution in [2.75, 3.05) is 0 Å². The molecule has 0 unspecified atom stereocenters. The lowest BCUT2D eigenvalue weighted by Gasteiger charge is -2.05. The van der Waals surface area contributed by atoms with Gasteiger partial charge in [0.1, 0.15) is 4.88 Å². The van der Waals surface area contributed by atoms with Gasteiger partial charge in [-0.15, -0.1) is 11.3 Å². The van der Waals surface area contributed by atoms with Gasteiger partial charge in [0.25, 0.3) is 0 Å². The van der Waals surface area contributed by atoms with Gasteiger partial charge >= 0.3 is 6.18 Å². The third kappa shape index (κ3) is 1.68. The molecule has 0 aliphatic heterocycles. The third-order valence-electron chi connectivity index (χ3n) is 2.14. The maximum absolute atomic E-state index is 12.4. The fourth-order valence-electron chi connectivity index (χ4n) is 1.29. The highest BCUT2D eigenvalue weighted by Gasteiger charge is 2.40. The standard InChI is InChI=1S/C9H7F3OS/c10-9(11,12)8-6(3-4-14-8)7(13)5-1-2-5/h3-5H,1-2H2. The molecule has 0 amide bonds. The van der Waals surface area contributed by atoms with Gasteiger partial charge in [0.15, 0.2) is 5.78 Å². The molecule has 14 heavy (non-hydrogen) atoms. The molecule has 1 nitrogen and oxygen atoms in total. The van der Waals surface area contributed by atoms with Gasteiger partial charge in [-0.05, 0) is 24.3 Å². The molecule has 1 aliphatic rings. The van der Waals surface area contributed by atoms with Gasteiger partial charge in [-0.3, -0.25) is 4.79 Å². The highest BCUT2D eigenvalue weighted by atomic mass is 32.1. The van der Waals surface area contributed by atoms with E-state index in [1.807, 2.05) is 0 Å². The number of alkyl halides is 3. The lowest BCUT2D eigenvalue weighted by atomic mass is 10.1. The van der Waals surface area contributed by atoms with Crippen molar-refractivity contribution in [3.63, 3.8) is 0 Å². The Balaban J connectivity index is 2.33. The normalized spacial score (nSPS) is 17.1. The molecule has 0 spiro atoms. The number of ketones is 1. The topological polar surface area (TPSA) is 17.1 Å². The van der Waals surface area contributed by atoms with Crippen molar-refractivity contribution in [3.05, 3.63) is 21.9 Å². The van der Waals surface area contributed by atoms with E-state index in [0.717, 1.165) is 12.8 Å². The summed E-state index contributed by atoms with van der Waals surface area (Å²) < 4.78 is 37.2. The quantitative estimate of drug-likeness (QED) is 0.698. The van der Waals surface area contributed by atoms with Crippen molar-refractivity contribution in [3.8, 4) is 0 Å². The molecule has 1 aliphatic carbocycles. The summed E-state index contributed by atoms with van der Waals surface area (Å²) in [4.78, 5) is 10.7. The average molecular weight is 220 g/mol. The van der Waals surface area contributed by atoms with Crippen molar-refractivity contribution in [2.45, 2.75) is 19.0 Å². The smallest absolute Gasteiger partial charge is 0.294 e. The number of carbonyl (C=O) groups excluding carboxylic acids is 1. The largest absolute Gasteiger partial charge is 0.426 e. The predicted molar refractivity (Wildman–Crippen MR) is 46.4 cm³/mol. The minimum atomic E-state index is -4.39. The fraction of sp³-hybridized carbons (Fsp3) is 0.444. The Kier molecular flexibility index (Phi) is 2.14. The first kappa shape index (κ1) is 9.71. The molecule has 0 aromatic carbocycles. The summed E-state index contributed by atoms with van der Waals surface area (Å²) in [6.45, 7) is 0. The molecule has 0 bridgehead atoms. The van der Waals surface area contributed by atoms with Crippen LogP contribution in [0.4, 0.5) is 13.2 Å². The second-order valence-corrected chi connectivity index (χ2v) is 4.22. The lowest BCUT2D eigenvalue weighted by molar-refractivity contribution is -0.134.